The highest BCUT2D eigenvalue weighted by Gasteiger charge is 2.48. The normalized spacial score (nSPS) is 25.5. The maximum absolute atomic E-state index is 12.7. The number of carboxylic acid groups (broad SMARTS) is 1. The lowest BCUT2D eigenvalue weighted by Crippen LogP contribution is -2.61. The molecule has 0 unspecified atom stereocenters. The van der Waals surface area contributed by atoms with Crippen molar-refractivity contribution >= 4 is 16.9 Å². The summed E-state index contributed by atoms with van der Waals surface area (Å²) >= 11 is 0. The fourth-order valence-corrected chi connectivity index (χ4v) is 3.40. The van der Waals surface area contributed by atoms with Gasteiger partial charge in [-0.15, -0.1) is 0 Å². The average molecular weight is 446 g/mol. The zero-order valence-corrected chi connectivity index (χ0v) is 16.2. The van der Waals surface area contributed by atoms with Gasteiger partial charge in [-0.2, -0.15) is 0 Å². The number of phenolic OH excluding ortho intramolecular Hbond substituents is 2. The molecule has 1 fully saturated rings. The standard InChI is InChI=1S/C21H18O11/c22-9-6-11(8-4-2-1-3-5-8)30-12-7-10(23)18(14(24)13(9)12)31-21-17(27)15(25)16(26)19(32-21)20(28)29/h1-7,15-17,19,21,23-27H,(H,28,29)/t15-,16-,17+,19-,21-/m0/s1. The third-order valence-corrected chi connectivity index (χ3v) is 5.03. The molecule has 1 aliphatic rings. The molecular weight excluding hydrogens is 428 g/mol. The topological polar surface area (TPSA) is 187 Å². The molecule has 2 aromatic carbocycles. The van der Waals surface area contributed by atoms with Gasteiger partial charge in [0.25, 0.3) is 0 Å². The minimum atomic E-state index is -1.96. The van der Waals surface area contributed by atoms with Gasteiger partial charge in [-0.1, -0.05) is 30.3 Å². The Balaban J connectivity index is 1.75. The predicted molar refractivity (Wildman–Crippen MR) is 106 cm³/mol. The van der Waals surface area contributed by atoms with E-state index >= 15 is 0 Å². The number of benzene rings is 2. The van der Waals surface area contributed by atoms with Gasteiger partial charge in [0.2, 0.25) is 12.0 Å². The summed E-state index contributed by atoms with van der Waals surface area (Å²) < 4.78 is 15.8. The Labute approximate surface area is 178 Å². The van der Waals surface area contributed by atoms with Crippen LogP contribution in [0.1, 0.15) is 0 Å². The van der Waals surface area contributed by atoms with Crippen LogP contribution >= 0.6 is 0 Å². The van der Waals surface area contributed by atoms with Crippen LogP contribution in [0.2, 0.25) is 0 Å². The summed E-state index contributed by atoms with van der Waals surface area (Å²) in [6.07, 6.45) is -9.71. The molecule has 1 aliphatic heterocycles. The van der Waals surface area contributed by atoms with Crippen molar-refractivity contribution in [3.8, 4) is 28.6 Å². The summed E-state index contributed by atoms with van der Waals surface area (Å²) in [6, 6.07) is 10.8. The van der Waals surface area contributed by atoms with Crippen molar-refractivity contribution in [1.29, 1.82) is 0 Å². The van der Waals surface area contributed by atoms with Gasteiger partial charge < -0.3 is 44.5 Å². The van der Waals surface area contributed by atoms with Crippen LogP contribution < -0.4 is 10.2 Å². The molecule has 32 heavy (non-hydrogen) atoms. The third-order valence-electron chi connectivity index (χ3n) is 5.03. The minimum Gasteiger partial charge on any atom is -0.504 e. The molecule has 1 aromatic heterocycles. The number of aromatic hydroxyl groups is 2. The number of aliphatic hydroxyl groups excluding tert-OH is 3. The molecule has 168 valence electrons. The summed E-state index contributed by atoms with van der Waals surface area (Å²) in [5, 5.41) is 59.4. The lowest BCUT2D eigenvalue weighted by atomic mass is 9.99. The molecule has 0 amide bonds. The van der Waals surface area contributed by atoms with E-state index in [1.54, 1.807) is 30.3 Å². The van der Waals surface area contributed by atoms with Gasteiger partial charge >= 0.3 is 5.97 Å². The number of fused-ring (bicyclic) bond motifs is 1. The van der Waals surface area contributed by atoms with Gasteiger partial charge in [0, 0.05) is 17.7 Å². The Morgan fingerprint density at radius 1 is 0.969 bits per heavy atom. The van der Waals surface area contributed by atoms with E-state index in [4.69, 9.17) is 19.0 Å². The smallest absolute Gasteiger partial charge is 0.335 e. The fourth-order valence-electron chi connectivity index (χ4n) is 3.40. The first-order chi connectivity index (χ1) is 15.2. The molecule has 3 aromatic rings. The van der Waals surface area contributed by atoms with Crippen LogP contribution in [0.25, 0.3) is 22.3 Å². The van der Waals surface area contributed by atoms with Crippen molar-refractivity contribution in [2.45, 2.75) is 30.7 Å². The maximum atomic E-state index is 12.7. The van der Waals surface area contributed by atoms with E-state index in [9.17, 15) is 35.1 Å². The van der Waals surface area contributed by atoms with E-state index in [1.807, 2.05) is 0 Å². The molecule has 0 saturated carbocycles. The highest BCUT2D eigenvalue weighted by molar-refractivity contribution is 5.89. The molecule has 0 spiro atoms. The largest absolute Gasteiger partial charge is 0.504 e. The zero-order chi connectivity index (χ0) is 23.2. The number of hydrogen-bond acceptors (Lipinski definition) is 10. The lowest BCUT2D eigenvalue weighted by Gasteiger charge is -2.38. The van der Waals surface area contributed by atoms with Gasteiger partial charge in [-0.05, 0) is 0 Å². The molecule has 1 saturated heterocycles. The van der Waals surface area contributed by atoms with Crippen LogP contribution in [0, 0.1) is 0 Å². The number of carboxylic acids is 1. The quantitative estimate of drug-likeness (QED) is 0.320. The second-order valence-electron chi connectivity index (χ2n) is 7.14. The molecule has 4 rings (SSSR count). The Bertz CT molecular complexity index is 1220. The fraction of sp³-hybridized carbons (Fsp3) is 0.238. The van der Waals surface area contributed by atoms with E-state index < -0.39 is 59.4 Å². The first-order valence-corrected chi connectivity index (χ1v) is 9.36. The Morgan fingerprint density at radius 2 is 1.66 bits per heavy atom. The highest BCUT2D eigenvalue weighted by atomic mass is 16.7. The molecule has 11 nitrogen and oxygen atoms in total. The van der Waals surface area contributed by atoms with E-state index in [1.165, 1.54) is 0 Å². The average Bonchev–Trinajstić information content (AvgIpc) is 2.76. The number of aliphatic carboxylic acids is 1. The number of rotatable bonds is 4. The van der Waals surface area contributed by atoms with E-state index in [-0.39, 0.29) is 16.7 Å². The Morgan fingerprint density at radius 3 is 2.31 bits per heavy atom. The van der Waals surface area contributed by atoms with Crippen LogP contribution in [-0.4, -0.2) is 67.3 Å². The van der Waals surface area contributed by atoms with E-state index in [0.717, 1.165) is 12.1 Å². The molecular formula is C21H18O11. The Kier molecular flexibility index (Phi) is 5.48. The molecule has 6 N–H and O–H groups in total. The van der Waals surface area contributed by atoms with Gasteiger partial charge in [-0.25, -0.2) is 4.79 Å². The molecule has 2 heterocycles. The number of carbonyl (C=O) groups is 1. The summed E-state index contributed by atoms with van der Waals surface area (Å²) in [5.41, 5.74) is -0.254. The van der Waals surface area contributed by atoms with Crippen molar-refractivity contribution < 1.29 is 49.3 Å². The molecule has 0 radical (unpaired) electrons. The second-order valence-corrected chi connectivity index (χ2v) is 7.14. The van der Waals surface area contributed by atoms with Crippen LogP contribution in [0.4, 0.5) is 0 Å². The van der Waals surface area contributed by atoms with Gasteiger partial charge in [0.05, 0.1) is 0 Å². The van der Waals surface area contributed by atoms with E-state index in [2.05, 4.69) is 0 Å². The summed E-state index contributed by atoms with van der Waals surface area (Å²) in [5.74, 6) is -3.74. The molecule has 0 bridgehead atoms. The summed E-state index contributed by atoms with van der Waals surface area (Å²) in [7, 11) is 0. The van der Waals surface area contributed by atoms with Crippen molar-refractivity contribution in [2.24, 2.45) is 0 Å². The number of phenols is 2. The molecule has 0 aliphatic carbocycles. The van der Waals surface area contributed by atoms with Crippen LogP contribution in [0.5, 0.6) is 17.2 Å². The number of aliphatic hydroxyl groups is 3. The van der Waals surface area contributed by atoms with Crippen LogP contribution in [0.3, 0.4) is 0 Å². The Hall–Kier alpha value is -3.64. The van der Waals surface area contributed by atoms with Crippen molar-refractivity contribution in [1.82, 2.24) is 0 Å². The van der Waals surface area contributed by atoms with Crippen molar-refractivity contribution in [3.05, 3.63) is 52.7 Å². The zero-order valence-electron chi connectivity index (χ0n) is 16.2. The highest BCUT2D eigenvalue weighted by Crippen LogP contribution is 2.43. The van der Waals surface area contributed by atoms with Gasteiger partial charge in [0.15, 0.2) is 23.0 Å². The summed E-state index contributed by atoms with van der Waals surface area (Å²) in [6.45, 7) is 0. The predicted octanol–water partition coefficient (Wildman–Crippen LogP) is 0.142. The van der Waals surface area contributed by atoms with Gasteiger partial charge in [-0.3, -0.25) is 4.79 Å². The van der Waals surface area contributed by atoms with E-state index in [0.29, 0.717) is 5.56 Å². The minimum absolute atomic E-state index is 0.164. The first-order valence-electron chi connectivity index (χ1n) is 9.36. The number of ether oxygens (including phenoxy) is 2. The first kappa shape index (κ1) is 21.6. The van der Waals surface area contributed by atoms with Crippen molar-refractivity contribution in [3.63, 3.8) is 0 Å². The maximum Gasteiger partial charge on any atom is 0.335 e. The summed E-state index contributed by atoms with van der Waals surface area (Å²) in [4.78, 5) is 23.9. The number of hydrogen-bond donors (Lipinski definition) is 6. The molecule has 5 atom stereocenters. The van der Waals surface area contributed by atoms with Crippen LogP contribution in [-0.2, 0) is 9.53 Å². The third kappa shape index (κ3) is 3.63. The van der Waals surface area contributed by atoms with Gasteiger partial charge in [0.1, 0.15) is 35.0 Å². The second kappa shape index (κ2) is 8.13. The SMILES string of the molecule is O=C(O)[C@H]1O[C@H](Oc2c(O)cc3oc(-c4ccccc4)cc(=O)c3c2O)[C@H](O)[C@@H](O)[C@@H]1O. The molecule has 11 heteroatoms. The lowest BCUT2D eigenvalue weighted by molar-refractivity contribution is -0.271. The van der Waals surface area contributed by atoms with Crippen LogP contribution in [0.15, 0.2) is 51.7 Å². The monoisotopic (exact) mass is 446 g/mol. The van der Waals surface area contributed by atoms with Crippen molar-refractivity contribution in [2.75, 3.05) is 0 Å².